The molecule has 0 atom stereocenters. The summed E-state index contributed by atoms with van der Waals surface area (Å²) in [4.78, 5) is 21.3. The Morgan fingerprint density at radius 2 is 1.93 bits per heavy atom. The standard InChI is InChI=1S/C21H28N4O2/c1-4-24-11-13-25(14-12-24)21(26)19-15-17(9-10-22-19)23-18-7-5-6-8-20(18)27-16(2)3/h5-10,15-16H,4,11-14H2,1-3H3,(H,22,23). The Morgan fingerprint density at radius 3 is 2.63 bits per heavy atom. The molecular weight excluding hydrogens is 340 g/mol. The molecule has 1 fully saturated rings. The van der Waals surface area contributed by atoms with E-state index in [1.165, 1.54) is 0 Å². The van der Waals surface area contributed by atoms with Crippen LogP contribution in [-0.2, 0) is 0 Å². The number of benzene rings is 1. The van der Waals surface area contributed by atoms with Crippen molar-refractivity contribution in [2.24, 2.45) is 0 Å². The van der Waals surface area contributed by atoms with Crippen LogP contribution in [0.25, 0.3) is 0 Å². The van der Waals surface area contributed by atoms with Crippen LogP contribution in [0, 0.1) is 0 Å². The van der Waals surface area contributed by atoms with Gasteiger partial charge in [-0.25, -0.2) is 0 Å². The van der Waals surface area contributed by atoms with Crippen LogP contribution in [0.15, 0.2) is 42.6 Å². The number of piperazine rings is 1. The minimum Gasteiger partial charge on any atom is -0.489 e. The zero-order valence-electron chi connectivity index (χ0n) is 16.3. The molecule has 0 spiro atoms. The Morgan fingerprint density at radius 1 is 1.19 bits per heavy atom. The topological polar surface area (TPSA) is 57.7 Å². The van der Waals surface area contributed by atoms with Gasteiger partial charge in [0.25, 0.3) is 5.91 Å². The van der Waals surface area contributed by atoms with E-state index in [0.29, 0.717) is 5.69 Å². The molecule has 1 aromatic carbocycles. The maximum Gasteiger partial charge on any atom is 0.272 e. The maximum atomic E-state index is 12.8. The third kappa shape index (κ3) is 4.98. The van der Waals surface area contributed by atoms with Gasteiger partial charge in [0.05, 0.1) is 11.8 Å². The van der Waals surface area contributed by atoms with E-state index in [1.807, 2.05) is 49.1 Å². The summed E-state index contributed by atoms with van der Waals surface area (Å²) >= 11 is 0. The molecule has 1 N–H and O–H groups in total. The van der Waals surface area contributed by atoms with Gasteiger partial charge in [-0.3, -0.25) is 9.78 Å². The third-order valence-electron chi connectivity index (χ3n) is 4.61. The fourth-order valence-electron chi connectivity index (χ4n) is 3.14. The summed E-state index contributed by atoms with van der Waals surface area (Å²) in [5, 5.41) is 3.35. The largest absolute Gasteiger partial charge is 0.489 e. The van der Waals surface area contributed by atoms with E-state index in [9.17, 15) is 4.79 Å². The van der Waals surface area contributed by atoms with Crippen LogP contribution < -0.4 is 10.1 Å². The number of carbonyl (C=O) groups is 1. The van der Waals surface area contributed by atoms with E-state index in [2.05, 4.69) is 22.1 Å². The number of hydrogen-bond donors (Lipinski definition) is 1. The lowest BCUT2D eigenvalue weighted by molar-refractivity contribution is 0.0637. The van der Waals surface area contributed by atoms with Gasteiger partial charge in [-0.2, -0.15) is 0 Å². The lowest BCUT2D eigenvalue weighted by Crippen LogP contribution is -2.48. The van der Waals surface area contributed by atoms with E-state index in [0.717, 1.165) is 49.8 Å². The quantitative estimate of drug-likeness (QED) is 0.847. The SMILES string of the molecule is CCN1CCN(C(=O)c2cc(Nc3ccccc3OC(C)C)ccn2)CC1. The van der Waals surface area contributed by atoms with Crippen molar-refractivity contribution in [1.82, 2.24) is 14.8 Å². The molecule has 0 bridgehead atoms. The van der Waals surface area contributed by atoms with Gasteiger partial charge in [0.1, 0.15) is 11.4 Å². The minimum atomic E-state index is -0.0129. The van der Waals surface area contributed by atoms with Crippen molar-refractivity contribution in [2.45, 2.75) is 26.9 Å². The summed E-state index contributed by atoms with van der Waals surface area (Å²) < 4.78 is 5.85. The molecule has 0 radical (unpaired) electrons. The fraction of sp³-hybridized carbons (Fsp3) is 0.429. The second-order valence-corrected chi connectivity index (χ2v) is 6.94. The second kappa shape index (κ2) is 8.86. The summed E-state index contributed by atoms with van der Waals surface area (Å²) in [5.74, 6) is 0.772. The van der Waals surface area contributed by atoms with Crippen molar-refractivity contribution >= 4 is 17.3 Å². The number of carbonyl (C=O) groups excluding carboxylic acids is 1. The number of rotatable bonds is 6. The minimum absolute atomic E-state index is 0.0129. The highest BCUT2D eigenvalue weighted by atomic mass is 16.5. The van der Waals surface area contributed by atoms with Gasteiger partial charge < -0.3 is 19.9 Å². The van der Waals surface area contributed by atoms with E-state index < -0.39 is 0 Å². The molecule has 3 rings (SSSR count). The summed E-state index contributed by atoms with van der Waals surface area (Å²) in [6.45, 7) is 10.5. The zero-order chi connectivity index (χ0) is 19.2. The molecule has 0 saturated carbocycles. The number of ether oxygens (including phenoxy) is 1. The highest BCUT2D eigenvalue weighted by molar-refractivity contribution is 5.93. The fourth-order valence-corrected chi connectivity index (χ4v) is 3.14. The van der Waals surface area contributed by atoms with Gasteiger partial charge in [-0.1, -0.05) is 19.1 Å². The monoisotopic (exact) mass is 368 g/mol. The molecule has 27 heavy (non-hydrogen) atoms. The van der Waals surface area contributed by atoms with Gasteiger partial charge >= 0.3 is 0 Å². The molecule has 2 heterocycles. The molecule has 0 aliphatic carbocycles. The maximum absolute atomic E-state index is 12.8. The first-order chi connectivity index (χ1) is 13.1. The van der Waals surface area contributed by atoms with Crippen LogP contribution in [0.5, 0.6) is 5.75 Å². The van der Waals surface area contributed by atoms with Crippen LogP contribution in [0.4, 0.5) is 11.4 Å². The number of amides is 1. The Kier molecular flexibility index (Phi) is 6.29. The van der Waals surface area contributed by atoms with Gasteiger partial charge in [0.2, 0.25) is 0 Å². The first kappa shape index (κ1) is 19.2. The summed E-state index contributed by atoms with van der Waals surface area (Å²) in [6, 6.07) is 11.5. The average Bonchev–Trinajstić information content (AvgIpc) is 2.69. The Labute approximate surface area is 161 Å². The van der Waals surface area contributed by atoms with Crippen LogP contribution in [0.1, 0.15) is 31.3 Å². The molecular formula is C21H28N4O2. The third-order valence-corrected chi connectivity index (χ3v) is 4.61. The first-order valence-electron chi connectivity index (χ1n) is 9.57. The van der Waals surface area contributed by atoms with Crippen molar-refractivity contribution in [3.63, 3.8) is 0 Å². The number of nitrogens with one attached hydrogen (secondary N) is 1. The summed E-state index contributed by atoms with van der Waals surface area (Å²) in [6.07, 6.45) is 1.76. The predicted octanol–water partition coefficient (Wildman–Crippen LogP) is 3.39. The number of nitrogens with zero attached hydrogens (tertiary/aromatic N) is 3. The smallest absolute Gasteiger partial charge is 0.272 e. The van der Waals surface area contributed by atoms with E-state index >= 15 is 0 Å². The van der Waals surface area contributed by atoms with Gasteiger partial charge in [-0.05, 0) is 44.7 Å². The Balaban J connectivity index is 1.72. The number of likely N-dealkylation sites (N-methyl/N-ethyl adjacent to an activating group) is 1. The second-order valence-electron chi connectivity index (χ2n) is 6.94. The molecule has 1 saturated heterocycles. The van der Waals surface area contributed by atoms with Crippen molar-refractivity contribution < 1.29 is 9.53 Å². The van der Waals surface area contributed by atoms with Crippen LogP contribution >= 0.6 is 0 Å². The predicted molar refractivity (Wildman–Crippen MR) is 108 cm³/mol. The number of para-hydroxylation sites is 2. The van der Waals surface area contributed by atoms with Gasteiger partial charge in [-0.15, -0.1) is 0 Å². The molecule has 6 heteroatoms. The molecule has 1 aliphatic rings. The highest BCUT2D eigenvalue weighted by Gasteiger charge is 2.22. The van der Waals surface area contributed by atoms with Crippen molar-refractivity contribution in [1.29, 1.82) is 0 Å². The van der Waals surface area contributed by atoms with Crippen molar-refractivity contribution in [3.05, 3.63) is 48.3 Å². The average molecular weight is 368 g/mol. The summed E-state index contributed by atoms with van der Waals surface area (Å²) in [7, 11) is 0. The Hall–Kier alpha value is -2.60. The highest BCUT2D eigenvalue weighted by Crippen LogP contribution is 2.28. The van der Waals surface area contributed by atoms with E-state index in [1.54, 1.807) is 12.3 Å². The van der Waals surface area contributed by atoms with Crippen LogP contribution in [0.3, 0.4) is 0 Å². The molecule has 6 nitrogen and oxygen atoms in total. The van der Waals surface area contributed by atoms with Gasteiger partial charge in [0.15, 0.2) is 0 Å². The molecule has 2 aromatic rings. The van der Waals surface area contributed by atoms with Crippen molar-refractivity contribution in [2.75, 3.05) is 38.0 Å². The molecule has 0 unspecified atom stereocenters. The lowest BCUT2D eigenvalue weighted by atomic mass is 10.2. The lowest BCUT2D eigenvalue weighted by Gasteiger charge is -2.33. The van der Waals surface area contributed by atoms with Crippen LogP contribution in [-0.4, -0.2) is 59.5 Å². The number of anilines is 2. The number of aromatic nitrogens is 1. The molecule has 144 valence electrons. The molecule has 1 aliphatic heterocycles. The van der Waals surface area contributed by atoms with Crippen molar-refractivity contribution in [3.8, 4) is 5.75 Å². The zero-order valence-corrected chi connectivity index (χ0v) is 16.3. The van der Waals surface area contributed by atoms with Gasteiger partial charge in [0, 0.05) is 38.1 Å². The first-order valence-corrected chi connectivity index (χ1v) is 9.57. The van der Waals surface area contributed by atoms with E-state index in [4.69, 9.17) is 4.74 Å². The van der Waals surface area contributed by atoms with Crippen LogP contribution in [0.2, 0.25) is 0 Å². The molecule has 1 aromatic heterocycles. The Bertz CT molecular complexity index is 770. The number of hydrogen-bond acceptors (Lipinski definition) is 5. The molecule has 1 amide bonds. The normalized spacial score (nSPS) is 15.0. The van der Waals surface area contributed by atoms with E-state index in [-0.39, 0.29) is 12.0 Å². The summed E-state index contributed by atoms with van der Waals surface area (Å²) in [5.41, 5.74) is 2.15. The number of pyridine rings is 1.